The predicted molar refractivity (Wildman–Crippen MR) is 79.9 cm³/mol. The summed E-state index contributed by atoms with van der Waals surface area (Å²) in [5.41, 5.74) is 5.68. The van der Waals surface area contributed by atoms with E-state index in [2.05, 4.69) is 30.9 Å². The summed E-state index contributed by atoms with van der Waals surface area (Å²) in [6.45, 7) is 1.77. The molecule has 0 atom stereocenters. The third-order valence-corrected chi connectivity index (χ3v) is 3.75. The molecule has 8 heteroatoms. The molecule has 21 heavy (non-hydrogen) atoms. The lowest BCUT2D eigenvalue weighted by atomic mass is 10.3. The van der Waals surface area contributed by atoms with Crippen molar-refractivity contribution in [1.29, 1.82) is 0 Å². The van der Waals surface area contributed by atoms with Crippen LogP contribution in [0, 0.1) is 5.82 Å². The van der Waals surface area contributed by atoms with Gasteiger partial charge in [0, 0.05) is 19.2 Å². The Labute approximate surface area is 129 Å². The zero-order valence-corrected chi connectivity index (χ0v) is 12.7. The van der Waals surface area contributed by atoms with Crippen molar-refractivity contribution >= 4 is 27.8 Å². The maximum atomic E-state index is 13.5. The molecule has 1 aromatic carbocycles. The topological polar surface area (TPSA) is 77.2 Å². The normalized spacial score (nSPS) is 14.5. The molecule has 1 fully saturated rings. The van der Waals surface area contributed by atoms with Crippen molar-refractivity contribution < 1.29 is 9.13 Å². The van der Waals surface area contributed by atoms with Gasteiger partial charge in [-0.25, -0.2) is 4.39 Å². The number of halogens is 2. The van der Waals surface area contributed by atoms with Crippen LogP contribution in [0.25, 0.3) is 0 Å². The minimum atomic E-state index is -0.422. The SMILES string of the molecule is Nc1nc(Oc2ccc(Br)c(F)c2)nc(N2CCCC2)n1. The molecule has 1 aliphatic rings. The zero-order chi connectivity index (χ0) is 14.8. The van der Waals surface area contributed by atoms with Gasteiger partial charge in [-0.05, 0) is 40.9 Å². The van der Waals surface area contributed by atoms with Crippen LogP contribution in [0.2, 0.25) is 0 Å². The van der Waals surface area contributed by atoms with Crippen molar-refractivity contribution in [2.75, 3.05) is 23.7 Å². The van der Waals surface area contributed by atoms with Gasteiger partial charge in [0.2, 0.25) is 11.9 Å². The number of ether oxygens (including phenoxy) is 1. The standard InChI is InChI=1S/C13H13BrFN5O/c14-9-4-3-8(7-10(9)15)21-13-18-11(16)17-12(19-13)20-5-1-2-6-20/h3-4,7H,1-2,5-6H2,(H2,16,17,18,19). The third kappa shape index (κ3) is 3.21. The monoisotopic (exact) mass is 353 g/mol. The van der Waals surface area contributed by atoms with E-state index in [9.17, 15) is 4.39 Å². The summed E-state index contributed by atoms with van der Waals surface area (Å²) in [7, 11) is 0. The maximum absolute atomic E-state index is 13.5. The summed E-state index contributed by atoms with van der Waals surface area (Å²) in [5, 5.41) is 0. The maximum Gasteiger partial charge on any atom is 0.328 e. The Hall–Kier alpha value is -1.96. The van der Waals surface area contributed by atoms with Gasteiger partial charge in [-0.15, -0.1) is 0 Å². The molecule has 0 radical (unpaired) electrons. The van der Waals surface area contributed by atoms with E-state index in [1.807, 2.05) is 4.90 Å². The second kappa shape index (κ2) is 5.80. The van der Waals surface area contributed by atoms with Crippen molar-refractivity contribution in [2.45, 2.75) is 12.8 Å². The van der Waals surface area contributed by atoms with E-state index >= 15 is 0 Å². The van der Waals surface area contributed by atoms with Gasteiger partial charge >= 0.3 is 6.01 Å². The zero-order valence-electron chi connectivity index (χ0n) is 11.1. The van der Waals surface area contributed by atoms with Crippen molar-refractivity contribution in [3.05, 3.63) is 28.5 Å². The third-order valence-electron chi connectivity index (χ3n) is 3.11. The highest BCUT2D eigenvalue weighted by Crippen LogP contribution is 2.25. The van der Waals surface area contributed by atoms with Crippen LogP contribution in [0.3, 0.4) is 0 Å². The van der Waals surface area contributed by atoms with Gasteiger partial charge in [-0.2, -0.15) is 15.0 Å². The smallest absolute Gasteiger partial charge is 0.328 e. The first-order valence-corrected chi connectivity index (χ1v) is 7.30. The fourth-order valence-electron chi connectivity index (χ4n) is 2.11. The van der Waals surface area contributed by atoms with Gasteiger partial charge in [0.1, 0.15) is 11.6 Å². The van der Waals surface area contributed by atoms with Gasteiger partial charge in [0.15, 0.2) is 0 Å². The van der Waals surface area contributed by atoms with Crippen LogP contribution >= 0.6 is 15.9 Å². The molecule has 0 spiro atoms. The minimum absolute atomic E-state index is 0.0612. The summed E-state index contributed by atoms with van der Waals surface area (Å²) in [5.74, 6) is 0.454. The summed E-state index contributed by atoms with van der Waals surface area (Å²) in [6.07, 6.45) is 2.19. The number of hydrogen-bond acceptors (Lipinski definition) is 6. The largest absolute Gasteiger partial charge is 0.424 e. The Bertz CT molecular complexity index is 663. The van der Waals surface area contributed by atoms with Gasteiger partial charge in [0.25, 0.3) is 0 Å². The molecular formula is C13H13BrFN5O. The lowest BCUT2D eigenvalue weighted by molar-refractivity contribution is 0.436. The van der Waals surface area contributed by atoms with E-state index < -0.39 is 5.82 Å². The molecule has 3 rings (SSSR count). The number of rotatable bonds is 3. The van der Waals surface area contributed by atoms with Gasteiger partial charge in [-0.1, -0.05) is 0 Å². The Morgan fingerprint density at radius 2 is 1.95 bits per heavy atom. The molecule has 2 aromatic rings. The fourth-order valence-corrected chi connectivity index (χ4v) is 2.36. The van der Waals surface area contributed by atoms with E-state index in [0.29, 0.717) is 16.2 Å². The molecule has 0 aliphatic carbocycles. The van der Waals surface area contributed by atoms with E-state index in [-0.39, 0.29) is 12.0 Å². The number of aromatic nitrogens is 3. The number of anilines is 2. The van der Waals surface area contributed by atoms with Crippen LogP contribution in [0.5, 0.6) is 11.8 Å². The molecule has 0 unspecified atom stereocenters. The molecule has 1 aliphatic heterocycles. The Kier molecular flexibility index (Phi) is 3.87. The Balaban J connectivity index is 1.85. The fraction of sp³-hybridized carbons (Fsp3) is 0.308. The van der Waals surface area contributed by atoms with Crippen molar-refractivity contribution in [3.63, 3.8) is 0 Å². The van der Waals surface area contributed by atoms with Crippen molar-refractivity contribution in [1.82, 2.24) is 15.0 Å². The van der Waals surface area contributed by atoms with E-state index in [0.717, 1.165) is 25.9 Å². The highest BCUT2D eigenvalue weighted by atomic mass is 79.9. The van der Waals surface area contributed by atoms with Crippen LogP contribution < -0.4 is 15.4 Å². The lowest BCUT2D eigenvalue weighted by Crippen LogP contribution is -2.21. The molecule has 110 valence electrons. The van der Waals surface area contributed by atoms with E-state index in [1.165, 1.54) is 6.07 Å². The van der Waals surface area contributed by atoms with Crippen molar-refractivity contribution in [2.24, 2.45) is 0 Å². The number of nitrogens with zero attached hydrogens (tertiary/aromatic N) is 4. The van der Waals surface area contributed by atoms with Gasteiger partial charge < -0.3 is 15.4 Å². The van der Waals surface area contributed by atoms with Gasteiger partial charge in [-0.3, -0.25) is 0 Å². The number of hydrogen-bond donors (Lipinski definition) is 1. The average molecular weight is 354 g/mol. The average Bonchev–Trinajstić information content (AvgIpc) is 2.96. The molecule has 1 aromatic heterocycles. The highest BCUT2D eigenvalue weighted by molar-refractivity contribution is 9.10. The number of nitrogens with two attached hydrogens (primary N) is 1. The molecule has 2 heterocycles. The van der Waals surface area contributed by atoms with Crippen LogP contribution in [0.1, 0.15) is 12.8 Å². The summed E-state index contributed by atoms with van der Waals surface area (Å²) < 4.78 is 19.3. The molecule has 0 saturated carbocycles. The molecule has 0 amide bonds. The van der Waals surface area contributed by atoms with E-state index in [4.69, 9.17) is 10.5 Å². The quantitative estimate of drug-likeness (QED) is 0.913. The lowest BCUT2D eigenvalue weighted by Gasteiger charge is -2.15. The first-order valence-electron chi connectivity index (χ1n) is 6.51. The molecule has 0 bridgehead atoms. The Morgan fingerprint density at radius 1 is 1.19 bits per heavy atom. The second-order valence-electron chi connectivity index (χ2n) is 4.65. The molecule has 1 saturated heterocycles. The summed E-state index contributed by atoms with van der Waals surface area (Å²) >= 11 is 3.08. The first kappa shape index (κ1) is 14.0. The highest BCUT2D eigenvalue weighted by Gasteiger charge is 2.17. The van der Waals surface area contributed by atoms with E-state index in [1.54, 1.807) is 12.1 Å². The van der Waals surface area contributed by atoms with Crippen LogP contribution in [0.15, 0.2) is 22.7 Å². The second-order valence-corrected chi connectivity index (χ2v) is 5.50. The first-order chi connectivity index (χ1) is 10.1. The van der Waals surface area contributed by atoms with Crippen molar-refractivity contribution in [3.8, 4) is 11.8 Å². The number of nitrogen functional groups attached to an aromatic ring is 1. The predicted octanol–water partition coefficient (Wildman–Crippen LogP) is 2.75. The van der Waals surface area contributed by atoms with Crippen LogP contribution in [-0.4, -0.2) is 28.0 Å². The van der Waals surface area contributed by atoms with Crippen LogP contribution in [0.4, 0.5) is 16.3 Å². The molecular weight excluding hydrogens is 341 g/mol. The molecule has 2 N–H and O–H groups in total. The molecule has 6 nitrogen and oxygen atoms in total. The van der Waals surface area contributed by atoms with Crippen LogP contribution in [-0.2, 0) is 0 Å². The Morgan fingerprint density at radius 3 is 2.67 bits per heavy atom. The number of benzene rings is 1. The summed E-state index contributed by atoms with van der Waals surface area (Å²) in [6, 6.07) is 4.48. The van der Waals surface area contributed by atoms with Gasteiger partial charge in [0.05, 0.1) is 4.47 Å². The minimum Gasteiger partial charge on any atom is -0.424 e. The summed E-state index contributed by atoms with van der Waals surface area (Å²) in [4.78, 5) is 14.3.